The summed E-state index contributed by atoms with van der Waals surface area (Å²) in [4.78, 5) is 11.9. The topological polar surface area (TPSA) is 26.3 Å². The number of hydrogen-bond acceptors (Lipinski definition) is 2. The zero-order valence-electron chi connectivity index (χ0n) is 14.1. The van der Waals surface area contributed by atoms with Crippen LogP contribution in [0.1, 0.15) is 49.2 Å². The number of esters is 1. The lowest BCUT2D eigenvalue weighted by molar-refractivity contribution is 0.0526. The van der Waals surface area contributed by atoms with Crippen LogP contribution in [-0.2, 0) is 10.2 Å². The molecule has 0 radical (unpaired) electrons. The van der Waals surface area contributed by atoms with E-state index >= 15 is 0 Å². The Balaban J connectivity index is 2.38. The van der Waals surface area contributed by atoms with Crippen LogP contribution in [0.3, 0.4) is 0 Å². The highest BCUT2D eigenvalue weighted by molar-refractivity contribution is 5.93. The molecule has 0 saturated carbocycles. The molecule has 2 aromatic rings. The third-order valence-corrected chi connectivity index (χ3v) is 3.75. The maximum Gasteiger partial charge on any atom is 0.339 e. The summed E-state index contributed by atoms with van der Waals surface area (Å²) in [6.07, 6.45) is 5.55. The van der Waals surface area contributed by atoms with E-state index in [0.29, 0.717) is 17.7 Å². The van der Waals surface area contributed by atoms with Crippen molar-refractivity contribution in [1.82, 2.24) is 0 Å². The molecule has 0 aliphatic carbocycles. The molecule has 0 aliphatic rings. The summed E-state index contributed by atoms with van der Waals surface area (Å²) in [6.45, 7) is 8.67. The third-order valence-electron chi connectivity index (χ3n) is 3.75. The molecule has 2 aromatic carbocycles. The Labute approximate surface area is 138 Å². The maximum atomic E-state index is 11.9. The van der Waals surface area contributed by atoms with Crippen LogP contribution in [0.2, 0.25) is 0 Å². The van der Waals surface area contributed by atoms with Crippen molar-refractivity contribution in [2.75, 3.05) is 6.61 Å². The van der Waals surface area contributed by atoms with Gasteiger partial charge in [-0.1, -0.05) is 57.0 Å². The first-order chi connectivity index (χ1) is 10.9. The zero-order valence-corrected chi connectivity index (χ0v) is 14.1. The highest BCUT2D eigenvalue weighted by atomic mass is 16.5. The Kier molecular flexibility index (Phi) is 4.91. The minimum absolute atomic E-state index is 0.121. The van der Waals surface area contributed by atoms with Gasteiger partial charge in [0, 0.05) is 5.56 Å². The van der Waals surface area contributed by atoms with Gasteiger partial charge in [0.15, 0.2) is 0 Å². The molecule has 2 rings (SSSR count). The minimum atomic E-state index is -0.380. The van der Waals surface area contributed by atoms with E-state index in [-0.39, 0.29) is 11.4 Å². The Bertz CT molecular complexity index is 741. The van der Waals surface area contributed by atoms with Crippen molar-refractivity contribution < 1.29 is 9.53 Å². The van der Waals surface area contributed by atoms with Gasteiger partial charge in [-0.3, -0.25) is 0 Å². The van der Waals surface area contributed by atoms with Crippen LogP contribution in [0, 0.1) is 12.3 Å². The van der Waals surface area contributed by atoms with E-state index < -0.39 is 0 Å². The van der Waals surface area contributed by atoms with Crippen molar-refractivity contribution in [2.45, 2.75) is 33.1 Å². The predicted octanol–water partition coefficient (Wildman–Crippen LogP) is 4.81. The number of carbonyl (C=O) groups excluding carboxylic acids is 1. The maximum absolute atomic E-state index is 11.9. The molecule has 0 fully saturated rings. The monoisotopic (exact) mass is 306 g/mol. The van der Waals surface area contributed by atoms with Gasteiger partial charge < -0.3 is 4.74 Å². The lowest BCUT2D eigenvalue weighted by Crippen LogP contribution is -2.10. The highest BCUT2D eigenvalue weighted by Crippen LogP contribution is 2.27. The van der Waals surface area contributed by atoms with Gasteiger partial charge in [-0.05, 0) is 41.2 Å². The average molecular weight is 306 g/mol. The number of rotatable bonds is 3. The van der Waals surface area contributed by atoms with Crippen LogP contribution in [-0.4, -0.2) is 12.6 Å². The lowest BCUT2D eigenvalue weighted by atomic mass is 9.86. The van der Waals surface area contributed by atoms with Crippen molar-refractivity contribution in [3.63, 3.8) is 0 Å². The van der Waals surface area contributed by atoms with Gasteiger partial charge in [0.25, 0.3) is 0 Å². The van der Waals surface area contributed by atoms with Crippen molar-refractivity contribution in [1.29, 1.82) is 0 Å². The fourth-order valence-electron chi connectivity index (χ4n) is 2.39. The summed E-state index contributed by atoms with van der Waals surface area (Å²) in [5.41, 5.74) is 4.46. The lowest BCUT2D eigenvalue weighted by Gasteiger charge is -2.19. The summed E-state index contributed by atoms with van der Waals surface area (Å²) in [6, 6.07) is 13.9. The largest absolute Gasteiger partial charge is 0.462 e. The standard InChI is InChI=1S/C21H22O2/c1-6-15-14-17(10-13-19(15)20(22)23-7-2)16-8-11-18(12-9-16)21(3,4)5/h1,8-14H,7H2,2-5H3. The number of terminal acetylenes is 1. The molecule has 0 saturated heterocycles. The average Bonchev–Trinajstić information content (AvgIpc) is 2.53. The van der Waals surface area contributed by atoms with Gasteiger partial charge in [0.1, 0.15) is 0 Å². The first-order valence-corrected chi connectivity index (χ1v) is 7.75. The zero-order chi connectivity index (χ0) is 17.0. The Morgan fingerprint density at radius 1 is 1.09 bits per heavy atom. The van der Waals surface area contributed by atoms with Gasteiger partial charge in [-0.15, -0.1) is 6.42 Å². The third kappa shape index (κ3) is 3.81. The molecule has 118 valence electrons. The highest BCUT2D eigenvalue weighted by Gasteiger charge is 2.15. The number of hydrogen-bond donors (Lipinski definition) is 0. The van der Waals surface area contributed by atoms with Crippen molar-refractivity contribution in [3.05, 3.63) is 59.2 Å². The van der Waals surface area contributed by atoms with Crippen LogP contribution in [0.15, 0.2) is 42.5 Å². The van der Waals surface area contributed by atoms with E-state index in [2.05, 4.69) is 51.0 Å². The summed E-state index contributed by atoms with van der Waals surface area (Å²) < 4.78 is 5.03. The van der Waals surface area contributed by atoms with Crippen LogP contribution >= 0.6 is 0 Å². The smallest absolute Gasteiger partial charge is 0.339 e. The van der Waals surface area contributed by atoms with Gasteiger partial charge >= 0.3 is 5.97 Å². The number of benzene rings is 2. The summed E-state index contributed by atoms with van der Waals surface area (Å²) >= 11 is 0. The first kappa shape index (κ1) is 16.8. The SMILES string of the molecule is C#Cc1cc(-c2ccc(C(C)(C)C)cc2)ccc1C(=O)OCC. The van der Waals surface area contributed by atoms with E-state index in [1.165, 1.54) is 5.56 Å². The molecule has 0 spiro atoms. The second kappa shape index (κ2) is 6.71. The fourth-order valence-corrected chi connectivity index (χ4v) is 2.39. The Hall–Kier alpha value is -2.53. The summed E-state index contributed by atoms with van der Waals surface area (Å²) in [5.74, 6) is 2.20. The van der Waals surface area contributed by atoms with Gasteiger partial charge in [-0.2, -0.15) is 0 Å². The predicted molar refractivity (Wildman–Crippen MR) is 94.5 cm³/mol. The van der Waals surface area contributed by atoms with E-state index in [1.807, 2.05) is 12.1 Å². The van der Waals surface area contributed by atoms with E-state index in [0.717, 1.165) is 11.1 Å². The van der Waals surface area contributed by atoms with Crippen molar-refractivity contribution in [3.8, 4) is 23.5 Å². The first-order valence-electron chi connectivity index (χ1n) is 7.75. The molecule has 0 amide bonds. The van der Waals surface area contributed by atoms with Crippen LogP contribution in [0.25, 0.3) is 11.1 Å². The number of carbonyl (C=O) groups is 1. The summed E-state index contributed by atoms with van der Waals surface area (Å²) in [7, 11) is 0. The quantitative estimate of drug-likeness (QED) is 0.601. The van der Waals surface area contributed by atoms with Gasteiger partial charge in [0.2, 0.25) is 0 Å². The molecule has 0 aliphatic heterocycles. The Morgan fingerprint density at radius 2 is 1.70 bits per heavy atom. The Morgan fingerprint density at radius 3 is 2.22 bits per heavy atom. The van der Waals surface area contributed by atoms with Crippen LogP contribution in [0.5, 0.6) is 0 Å². The minimum Gasteiger partial charge on any atom is -0.462 e. The molecule has 0 N–H and O–H groups in total. The van der Waals surface area contributed by atoms with Crippen LogP contribution in [0.4, 0.5) is 0 Å². The van der Waals surface area contributed by atoms with Crippen LogP contribution < -0.4 is 0 Å². The second-order valence-electron chi connectivity index (χ2n) is 6.45. The molecule has 2 heteroatoms. The molecule has 0 bridgehead atoms. The van der Waals surface area contributed by atoms with Gasteiger partial charge in [0.05, 0.1) is 12.2 Å². The van der Waals surface area contributed by atoms with E-state index in [4.69, 9.17) is 11.2 Å². The fraction of sp³-hybridized carbons (Fsp3) is 0.286. The van der Waals surface area contributed by atoms with Crippen molar-refractivity contribution >= 4 is 5.97 Å². The molecule has 0 unspecified atom stereocenters. The van der Waals surface area contributed by atoms with E-state index in [1.54, 1.807) is 13.0 Å². The molecule has 0 heterocycles. The summed E-state index contributed by atoms with van der Waals surface area (Å²) in [5, 5.41) is 0. The number of ether oxygens (including phenoxy) is 1. The normalized spacial score (nSPS) is 10.9. The molecule has 23 heavy (non-hydrogen) atoms. The molecule has 2 nitrogen and oxygen atoms in total. The molecular weight excluding hydrogens is 284 g/mol. The molecule has 0 atom stereocenters. The van der Waals surface area contributed by atoms with Gasteiger partial charge in [-0.25, -0.2) is 4.79 Å². The second-order valence-corrected chi connectivity index (χ2v) is 6.45. The molecule has 0 aromatic heterocycles. The molecular formula is C21H22O2. The van der Waals surface area contributed by atoms with Crippen molar-refractivity contribution in [2.24, 2.45) is 0 Å². The van der Waals surface area contributed by atoms with E-state index in [9.17, 15) is 4.79 Å².